The molecule has 6 nitrogen and oxygen atoms in total. The van der Waals surface area contributed by atoms with Crippen molar-refractivity contribution < 1.29 is 28.6 Å². The minimum Gasteiger partial charge on any atom is -0.462 e. The smallest absolute Gasteiger partial charge is 0.306 e. The fraction of sp³-hybridized carbons (Fsp3) is 0.708. The van der Waals surface area contributed by atoms with Gasteiger partial charge in [-0.1, -0.05) is 291 Å². The molecule has 0 fully saturated rings. The summed E-state index contributed by atoms with van der Waals surface area (Å²) in [5.41, 5.74) is 0. The standard InChI is InChI=1S/C72H122O6/c1-4-7-10-13-16-19-22-25-27-29-31-32-33-34-35-36-37-38-39-40-42-43-45-47-50-53-56-59-62-65-71(74)77-68-69(67-76-70(73)64-61-58-55-52-49-24-21-18-15-12-9-6-3)78-72(75)66-63-60-57-54-51-48-46-44-41-30-28-26-23-20-17-14-11-8-5-2/h7,10,16-17,19-20,25-28,31-32,34-35,37-38,41,44,69H,4-6,8-9,11-15,18,21-24,29-30,33,36,39-40,42-43,45-68H2,1-3H3/b10-7-,19-16-,20-17-,27-25-,28-26-,32-31-,35-34-,38-37-,44-41-. The number of unbranched alkanes of at least 4 members (excludes halogenated alkanes) is 30. The van der Waals surface area contributed by atoms with E-state index in [4.69, 9.17) is 14.2 Å². The van der Waals surface area contributed by atoms with Gasteiger partial charge in [0, 0.05) is 19.3 Å². The van der Waals surface area contributed by atoms with Crippen molar-refractivity contribution in [3.8, 4) is 0 Å². The molecule has 0 aromatic carbocycles. The molecule has 0 spiro atoms. The van der Waals surface area contributed by atoms with Gasteiger partial charge in [-0.05, 0) is 109 Å². The van der Waals surface area contributed by atoms with E-state index >= 15 is 0 Å². The van der Waals surface area contributed by atoms with Gasteiger partial charge in [-0.2, -0.15) is 0 Å². The van der Waals surface area contributed by atoms with Crippen molar-refractivity contribution >= 4 is 17.9 Å². The van der Waals surface area contributed by atoms with E-state index in [0.717, 1.165) is 122 Å². The number of rotatable bonds is 59. The zero-order chi connectivity index (χ0) is 56.4. The van der Waals surface area contributed by atoms with Gasteiger partial charge in [0.1, 0.15) is 13.2 Å². The molecule has 1 unspecified atom stereocenters. The zero-order valence-corrected chi connectivity index (χ0v) is 51.2. The predicted molar refractivity (Wildman–Crippen MR) is 339 cm³/mol. The maximum Gasteiger partial charge on any atom is 0.306 e. The quantitative estimate of drug-likeness (QED) is 0.0261. The lowest BCUT2D eigenvalue weighted by atomic mass is 10.0. The van der Waals surface area contributed by atoms with Crippen LogP contribution in [0.15, 0.2) is 109 Å². The van der Waals surface area contributed by atoms with Gasteiger partial charge in [-0.15, -0.1) is 0 Å². The Labute approximate surface area is 482 Å². The molecule has 0 aromatic heterocycles. The third-order valence-electron chi connectivity index (χ3n) is 14.0. The highest BCUT2D eigenvalue weighted by Gasteiger charge is 2.19. The fourth-order valence-electron chi connectivity index (χ4n) is 9.10. The molecule has 0 aliphatic rings. The molecule has 0 saturated carbocycles. The van der Waals surface area contributed by atoms with Crippen LogP contribution in [0.4, 0.5) is 0 Å². The van der Waals surface area contributed by atoms with Crippen LogP contribution in [-0.4, -0.2) is 37.2 Å². The van der Waals surface area contributed by atoms with Crippen molar-refractivity contribution in [2.45, 2.75) is 316 Å². The first kappa shape index (κ1) is 74.1. The highest BCUT2D eigenvalue weighted by molar-refractivity contribution is 5.71. The molecule has 0 rings (SSSR count). The van der Waals surface area contributed by atoms with Crippen LogP contribution in [0.25, 0.3) is 0 Å². The van der Waals surface area contributed by atoms with E-state index in [9.17, 15) is 14.4 Å². The van der Waals surface area contributed by atoms with E-state index in [-0.39, 0.29) is 31.1 Å². The molecule has 1 atom stereocenters. The largest absolute Gasteiger partial charge is 0.462 e. The van der Waals surface area contributed by atoms with Crippen molar-refractivity contribution in [1.82, 2.24) is 0 Å². The van der Waals surface area contributed by atoms with Crippen LogP contribution in [0, 0.1) is 0 Å². The molecule has 446 valence electrons. The molecule has 0 aliphatic heterocycles. The molecule has 0 saturated heterocycles. The minimum absolute atomic E-state index is 0.0825. The molecular weight excluding hydrogens is 961 g/mol. The van der Waals surface area contributed by atoms with E-state index in [1.54, 1.807) is 0 Å². The van der Waals surface area contributed by atoms with E-state index in [0.29, 0.717) is 19.3 Å². The molecule has 0 aromatic rings. The first-order chi connectivity index (χ1) is 38.5. The summed E-state index contributed by atoms with van der Waals surface area (Å²) in [6.07, 6.45) is 89.5. The fourth-order valence-corrected chi connectivity index (χ4v) is 9.10. The number of carbonyl (C=O) groups excluding carboxylic acids is 3. The number of carbonyl (C=O) groups is 3. The molecule has 0 amide bonds. The summed E-state index contributed by atoms with van der Waals surface area (Å²) in [6.45, 7) is 6.50. The predicted octanol–water partition coefficient (Wildman–Crippen LogP) is 22.6. The molecular formula is C72H122O6. The van der Waals surface area contributed by atoms with Crippen LogP contribution in [-0.2, 0) is 28.6 Å². The van der Waals surface area contributed by atoms with Crippen molar-refractivity contribution in [2.75, 3.05) is 13.2 Å². The Morgan fingerprint density at radius 2 is 0.500 bits per heavy atom. The van der Waals surface area contributed by atoms with Crippen molar-refractivity contribution in [3.05, 3.63) is 109 Å². The Balaban J connectivity index is 4.30. The second-order valence-corrected chi connectivity index (χ2v) is 21.6. The Kier molecular flexibility index (Phi) is 62.3. The van der Waals surface area contributed by atoms with Gasteiger partial charge in [0.25, 0.3) is 0 Å². The van der Waals surface area contributed by atoms with Gasteiger partial charge >= 0.3 is 17.9 Å². The lowest BCUT2D eigenvalue weighted by Crippen LogP contribution is -2.30. The van der Waals surface area contributed by atoms with E-state index in [1.165, 1.54) is 148 Å². The topological polar surface area (TPSA) is 78.9 Å². The van der Waals surface area contributed by atoms with Crippen LogP contribution in [0.5, 0.6) is 0 Å². The van der Waals surface area contributed by atoms with E-state index in [2.05, 4.69) is 130 Å². The van der Waals surface area contributed by atoms with Crippen LogP contribution in [0.3, 0.4) is 0 Å². The molecule has 78 heavy (non-hydrogen) atoms. The van der Waals surface area contributed by atoms with Gasteiger partial charge in [0.15, 0.2) is 6.10 Å². The van der Waals surface area contributed by atoms with Gasteiger partial charge < -0.3 is 14.2 Å². The molecule has 0 N–H and O–H groups in total. The summed E-state index contributed by atoms with van der Waals surface area (Å²) in [4.78, 5) is 38.3. The number of hydrogen-bond acceptors (Lipinski definition) is 6. The van der Waals surface area contributed by atoms with Gasteiger partial charge in [-0.3, -0.25) is 14.4 Å². The molecule has 0 radical (unpaired) electrons. The Bertz CT molecular complexity index is 1570. The molecule has 0 aliphatic carbocycles. The molecule has 0 heterocycles. The zero-order valence-electron chi connectivity index (χ0n) is 51.2. The summed E-state index contributed by atoms with van der Waals surface area (Å²) in [5.74, 6) is -0.891. The molecule has 0 bridgehead atoms. The van der Waals surface area contributed by atoms with Gasteiger partial charge in [0.2, 0.25) is 0 Å². The number of ether oxygens (including phenoxy) is 3. The first-order valence-electron chi connectivity index (χ1n) is 32.9. The summed E-state index contributed by atoms with van der Waals surface area (Å²) in [5, 5.41) is 0. The highest BCUT2D eigenvalue weighted by Crippen LogP contribution is 2.16. The van der Waals surface area contributed by atoms with Crippen LogP contribution in [0.2, 0.25) is 0 Å². The van der Waals surface area contributed by atoms with Gasteiger partial charge in [0.05, 0.1) is 0 Å². The summed E-state index contributed by atoms with van der Waals surface area (Å²) >= 11 is 0. The van der Waals surface area contributed by atoms with Crippen LogP contribution in [0.1, 0.15) is 310 Å². The van der Waals surface area contributed by atoms with Crippen molar-refractivity contribution in [2.24, 2.45) is 0 Å². The van der Waals surface area contributed by atoms with E-state index in [1.807, 2.05) is 0 Å². The summed E-state index contributed by atoms with van der Waals surface area (Å²) in [7, 11) is 0. The minimum atomic E-state index is -0.787. The average Bonchev–Trinajstić information content (AvgIpc) is 3.44. The highest BCUT2D eigenvalue weighted by atomic mass is 16.6. The Morgan fingerprint density at radius 3 is 0.808 bits per heavy atom. The normalized spacial score (nSPS) is 12.8. The maximum atomic E-state index is 12.9. The van der Waals surface area contributed by atoms with Crippen LogP contribution >= 0.6 is 0 Å². The lowest BCUT2D eigenvalue weighted by molar-refractivity contribution is -0.167. The van der Waals surface area contributed by atoms with Crippen molar-refractivity contribution in [3.63, 3.8) is 0 Å². The second kappa shape index (κ2) is 65.6. The average molecular weight is 1080 g/mol. The summed E-state index contributed by atoms with van der Waals surface area (Å²) in [6, 6.07) is 0. The van der Waals surface area contributed by atoms with E-state index < -0.39 is 6.10 Å². The number of allylic oxidation sites excluding steroid dienone is 18. The molecule has 6 heteroatoms. The number of esters is 3. The third-order valence-corrected chi connectivity index (χ3v) is 14.0. The monoisotopic (exact) mass is 1080 g/mol. The number of hydrogen-bond donors (Lipinski definition) is 0. The third kappa shape index (κ3) is 62.9. The van der Waals surface area contributed by atoms with Crippen LogP contribution < -0.4 is 0 Å². The first-order valence-corrected chi connectivity index (χ1v) is 32.9. The van der Waals surface area contributed by atoms with Gasteiger partial charge in [-0.25, -0.2) is 0 Å². The SMILES string of the molecule is CC/C=C\C/C=C\C/C=C\C/C=C\C/C=C\C/C=C\CCCCCCCCCCCCC(=O)OCC(COC(=O)CCCCCCCCCCCCCC)OC(=O)CCCCCCCC/C=C\C/C=C\C/C=C\CCCCC. The van der Waals surface area contributed by atoms with Crippen molar-refractivity contribution in [1.29, 1.82) is 0 Å². The maximum absolute atomic E-state index is 12.9. The lowest BCUT2D eigenvalue weighted by Gasteiger charge is -2.18. The Morgan fingerprint density at radius 1 is 0.269 bits per heavy atom. The second-order valence-electron chi connectivity index (χ2n) is 21.6. The summed E-state index contributed by atoms with van der Waals surface area (Å²) < 4.78 is 16.9. The Hall–Kier alpha value is -3.93.